The van der Waals surface area contributed by atoms with Gasteiger partial charge in [-0.25, -0.2) is 0 Å². The fourth-order valence-corrected chi connectivity index (χ4v) is 1.56. The average Bonchev–Trinajstić information content (AvgIpc) is 2.29. The summed E-state index contributed by atoms with van der Waals surface area (Å²) in [5.74, 6) is 0. The molecule has 1 atom stereocenters. The highest BCUT2D eigenvalue weighted by atomic mass is 14.8. The second-order valence-corrected chi connectivity index (χ2v) is 3.65. The summed E-state index contributed by atoms with van der Waals surface area (Å²) in [6.07, 6.45) is 1.80. The third-order valence-electron chi connectivity index (χ3n) is 2.41. The molecule has 1 aromatic carbocycles. The minimum Gasteiger partial charge on any atom is -0.319 e. The molecule has 0 saturated heterocycles. The molecule has 0 aliphatic rings. The molecule has 0 spiro atoms. The van der Waals surface area contributed by atoms with E-state index in [0.717, 1.165) is 11.3 Å². The van der Waals surface area contributed by atoms with Gasteiger partial charge in [-0.05, 0) is 30.2 Å². The molecule has 2 rings (SSSR count). The first kappa shape index (κ1) is 9.87. The number of rotatable bonds is 2. The Hall–Kier alpha value is -1.67. The summed E-state index contributed by atoms with van der Waals surface area (Å²) in [4.78, 5) is 4.29. The highest BCUT2D eigenvalue weighted by molar-refractivity contribution is 5.28. The van der Waals surface area contributed by atoms with Crippen LogP contribution in [-0.4, -0.2) is 4.98 Å². The van der Waals surface area contributed by atoms with Gasteiger partial charge in [0.25, 0.3) is 0 Å². The molecule has 0 aliphatic carbocycles. The molecule has 0 fully saturated rings. The van der Waals surface area contributed by atoms with E-state index in [1.807, 2.05) is 49.4 Å². The Balaban J connectivity index is 2.32. The first-order chi connectivity index (χ1) is 7.27. The second kappa shape index (κ2) is 4.24. The smallest absolute Gasteiger partial charge is 0.0726 e. The Morgan fingerprint density at radius 2 is 1.87 bits per heavy atom. The van der Waals surface area contributed by atoms with Crippen molar-refractivity contribution in [2.75, 3.05) is 0 Å². The fraction of sp³-hybridized carbons (Fsp3) is 0.154. The van der Waals surface area contributed by atoms with Gasteiger partial charge in [0.05, 0.1) is 11.7 Å². The normalized spacial score (nSPS) is 12.4. The van der Waals surface area contributed by atoms with E-state index in [1.54, 1.807) is 6.20 Å². The minimum absolute atomic E-state index is 0.133. The van der Waals surface area contributed by atoms with Gasteiger partial charge >= 0.3 is 0 Å². The van der Waals surface area contributed by atoms with Crippen molar-refractivity contribution in [2.45, 2.75) is 13.0 Å². The zero-order chi connectivity index (χ0) is 10.7. The van der Waals surface area contributed by atoms with E-state index in [0.29, 0.717) is 0 Å². The van der Waals surface area contributed by atoms with Crippen LogP contribution in [0.15, 0.2) is 48.7 Å². The quantitative estimate of drug-likeness (QED) is 0.805. The maximum atomic E-state index is 6.12. The first-order valence-corrected chi connectivity index (χ1v) is 5.00. The maximum Gasteiger partial charge on any atom is 0.0726 e. The Labute approximate surface area is 89.8 Å². The molecule has 1 aromatic heterocycles. The van der Waals surface area contributed by atoms with Crippen LogP contribution >= 0.6 is 0 Å². The molecule has 76 valence electrons. The summed E-state index contributed by atoms with van der Waals surface area (Å²) in [5, 5.41) is 0. The van der Waals surface area contributed by atoms with Gasteiger partial charge in [0.2, 0.25) is 0 Å². The number of hydrogen-bond acceptors (Lipinski definition) is 2. The van der Waals surface area contributed by atoms with Crippen molar-refractivity contribution >= 4 is 0 Å². The van der Waals surface area contributed by atoms with E-state index in [4.69, 9.17) is 5.73 Å². The van der Waals surface area contributed by atoms with Crippen molar-refractivity contribution < 1.29 is 0 Å². The number of benzene rings is 1. The van der Waals surface area contributed by atoms with Crippen LogP contribution in [0.5, 0.6) is 0 Å². The molecule has 2 aromatic rings. The zero-order valence-electron chi connectivity index (χ0n) is 8.72. The first-order valence-electron chi connectivity index (χ1n) is 5.00. The predicted molar refractivity (Wildman–Crippen MR) is 61.4 cm³/mol. The summed E-state index contributed by atoms with van der Waals surface area (Å²) in [6.45, 7) is 2.04. The SMILES string of the molecule is Cc1ccnc([C@@H](N)c2ccccc2)c1. The molecule has 2 heteroatoms. The maximum absolute atomic E-state index is 6.12. The molecule has 2 nitrogen and oxygen atoms in total. The third-order valence-corrected chi connectivity index (χ3v) is 2.41. The van der Waals surface area contributed by atoms with Crippen molar-refractivity contribution in [3.05, 3.63) is 65.5 Å². The van der Waals surface area contributed by atoms with Crippen LogP contribution in [0.2, 0.25) is 0 Å². The highest BCUT2D eigenvalue weighted by Crippen LogP contribution is 2.17. The number of hydrogen-bond donors (Lipinski definition) is 1. The number of aryl methyl sites for hydroxylation is 1. The van der Waals surface area contributed by atoms with Crippen molar-refractivity contribution in [2.24, 2.45) is 5.73 Å². The van der Waals surface area contributed by atoms with Gasteiger partial charge in [0.1, 0.15) is 0 Å². The lowest BCUT2D eigenvalue weighted by Gasteiger charge is -2.11. The van der Waals surface area contributed by atoms with Gasteiger partial charge in [-0.2, -0.15) is 0 Å². The molecule has 0 unspecified atom stereocenters. The molecule has 0 saturated carbocycles. The van der Waals surface area contributed by atoms with Gasteiger partial charge in [-0.1, -0.05) is 30.3 Å². The van der Waals surface area contributed by atoms with Gasteiger partial charge in [0, 0.05) is 6.20 Å². The molecule has 2 N–H and O–H groups in total. The van der Waals surface area contributed by atoms with Crippen molar-refractivity contribution in [3.8, 4) is 0 Å². The van der Waals surface area contributed by atoms with Crippen LogP contribution in [0, 0.1) is 6.92 Å². The topological polar surface area (TPSA) is 38.9 Å². The van der Waals surface area contributed by atoms with Gasteiger partial charge in [-0.3, -0.25) is 4.98 Å². The summed E-state index contributed by atoms with van der Waals surface area (Å²) >= 11 is 0. The largest absolute Gasteiger partial charge is 0.319 e. The zero-order valence-corrected chi connectivity index (χ0v) is 8.72. The molecular weight excluding hydrogens is 184 g/mol. The molecule has 0 bridgehead atoms. The number of nitrogens with two attached hydrogens (primary N) is 1. The lowest BCUT2D eigenvalue weighted by Crippen LogP contribution is -2.13. The lowest BCUT2D eigenvalue weighted by atomic mass is 10.0. The van der Waals surface area contributed by atoms with Crippen LogP contribution in [0.1, 0.15) is 22.9 Å². The van der Waals surface area contributed by atoms with Gasteiger partial charge in [0.15, 0.2) is 0 Å². The van der Waals surface area contributed by atoms with E-state index in [9.17, 15) is 0 Å². The van der Waals surface area contributed by atoms with E-state index in [1.165, 1.54) is 5.56 Å². The van der Waals surface area contributed by atoms with Crippen LogP contribution in [0.4, 0.5) is 0 Å². The molecule has 0 amide bonds. The lowest BCUT2D eigenvalue weighted by molar-refractivity contribution is 0.826. The Kier molecular flexibility index (Phi) is 2.79. The number of nitrogens with zero attached hydrogens (tertiary/aromatic N) is 1. The molecule has 0 aliphatic heterocycles. The summed E-state index contributed by atoms with van der Waals surface area (Å²) < 4.78 is 0. The highest BCUT2D eigenvalue weighted by Gasteiger charge is 2.08. The van der Waals surface area contributed by atoms with Crippen molar-refractivity contribution in [1.29, 1.82) is 0 Å². The average molecular weight is 198 g/mol. The second-order valence-electron chi connectivity index (χ2n) is 3.65. The van der Waals surface area contributed by atoms with E-state index < -0.39 is 0 Å². The summed E-state index contributed by atoms with van der Waals surface area (Å²) in [7, 11) is 0. The van der Waals surface area contributed by atoms with Crippen LogP contribution in [0.25, 0.3) is 0 Å². The van der Waals surface area contributed by atoms with Gasteiger partial charge in [-0.15, -0.1) is 0 Å². The van der Waals surface area contributed by atoms with Crippen molar-refractivity contribution in [1.82, 2.24) is 4.98 Å². The predicted octanol–water partition coefficient (Wildman–Crippen LogP) is 2.44. The molecule has 0 radical (unpaired) electrons. The third kappa shape index (κ3) is 2.22. The standard InChI is InChI=1S/C13H14N2/c1-10-7-8-15-12(9-10)13(14)11-5-3-2-4-6-11/h2-9,13H,14H2,1H3/t13-/m0/s1. The van der Waals surface area contributed by atoms with E-state index in [2.05, 4.69) is 4.98 Å². The Morgan fingerprint density at radius 3 is 2.53 bits per heavy atom. The fourth-order valence-electron chi connectivity index (χ4n) is 1.56. The Bertz CT molecular complexity index is 437. The summed E-state index contributed by atoms with van der Waals surface area (Å²) in [6, 6.07) is 13.9. The number of pyridine rings is 1. The number of aromatic nitrogens is 1. The van der Waals surface area contributed by atoms with E-state index >= 15 is 0 Å². The summed E-state index contributed by atoms with van der Waals surface area (Å²) in [5.41, 5.74) is 9.32. The van der Waals surface area contributed by atoms with Crippen LogP contribution in [-0.2, 0) is 0 Å². The van der Waals surface area contributed by atoms with Crippen LogP contribution in [0.3, 0.4) is 0 Å². The van der Waals surface area contributed by atoms with Crippen molar-refractivity contribution in [3.63, 3.8) is 0 Å². The van der Waals surface area contributed by atoms with Gasteiger partial charge < -0.3 is 5.73 Å². The Morgan fingerprint density at radius 1 is 1.13 bits per heavy atom. The minimum atomic E-state index is -0.133. The molecule has 15 heavy (non-hydrogen) atoms. The molecule has 1 heterocycles. The van der Waals surface area contributed by atoms with E-state index in [-0.39, 0.29) is 6.04 Å². The van der Waals surface area contributed by atoms with Crippen LogP contribution < -0.4 is 5.73 Å². The monoisotopic (exact) mass is 198 g/mol. The molecular formula is C13H14N2.